The Balaban J connectivity index is 1.97. The Bertz CT molecular complexity index is 974. The van der Waals surface area contributed by atoms with Crippen LogP contribution in [0.2, 0.25) is 0 Å². The van der Waals surface area contributed by atoms with E-state index in [4.69, 9.17) is 18.9 Å². The fraction of sp³-hybridized carbons (Fsp3) is 0.462. The Hall–Kier alpha value is -2.90. The second-order valence-electron chi connectivity index (χ2n) is 8.63. The van der Waals surface area contributed by atoms with E-state index in [1.165, 1.54) is 0 Å². The van der Waals surface area contributed by atoms with Crippen LogP contribution in [0.3, 0.4) is 0 Å². The molecule has 2 aromatic carbocycles. The molecule has 0 bridgehead atoms. The van der Waals surface area contributed by atoms with E-state index in [2.05, 4.69) is 0 Å². The molecule has 3 rings (SSSR count). The molecule has 1 aliphatic heterocycles. The van der Waals surface area contributed by atoms with Crippen molar-refractivity contribution < 1.29 is 28.5 Å². The molecule has 33 heavy (non-hydrogen) atoms. The maximum Gasteiger partial charge on any atom is 0.359 e. The van der Waals surface area contributed by atoms with E-state index in [9.17, 15) is 9.59 Å². The number of rotatable bonds is 8. The van der Waals surface area contributed by atoms with Crippen molar-refractivity contribution >= 4 is 11.9 Å². The van der Waals surface area contributed by atoms with Crippen molar-refractivity contribution in [3.63, 3.8) is 0 Å². The second-order valence-corrected chi connectivity index (χ2v) is 8.63. The molecule has 0 spiro atoms. The number of hydrogen-bond donors (Lipinski definition) is 0. The van der Waals surface area contributed by atoms with E-state index in [1.807, 2.05) is 30.3 Å². The molecule has 1 unspecified atom stereocenters. The van der Waals surface area contributed by atoms with Crippen LogP contribution in [0.25, 0.3) is 0 Å². The third-order valence-corrected chi connectivity index (χ3v) is 6.44. The molecule has 0 N–H and O–H groups in total. The van der Waals surface area contributed by atoms with Crippen molar-refractivity contribution in [2.45, 2.75) is 58.1 Å². The number of esters is 2. The Kier molecular flexibility index (Phi) is 7.14. The van der Waals surface area contributed by atoms with Gasteiger partial charge in [0.1, 0.15) is 17.9 Å². The quantitative estimate of drug-likeness (QED) is 0.556. The van der Waals surface area contributed by atoms with Crippen LogP contribution < -0.4 is 4.74 Å². The summed E-state index contributed by atoms with van der Waals surface area (Å²) in [5.41, 5.74) is -2.33. The van der Waals surface area contributed by atoms with Gasteiger partial charge in [-0.1, -0.05) is 42.5 Å². The van der Waals surface area contributed by atoms with Crippen molar-refractivity contribution in [1.29, 1.82) is 0 Å². The normalized spacial score (nSPS) is 24.3. The third-order valence-electron chi connectivity index (χ3n) is 6.44. The first-order valence-corrected chi connectivity index (χ1v) is 11.2. The van der Waals surface area contributed by atoms with Crippen LogP contribution in [0.5, 0.6) is 5.75 Å². The fourth-order valence-electron chi connectivity index (χ4n) is 4.21. The molecule has 1 heterocycles. The van der Waals surface area contributed by atoms with Gasteiger partial charge in [-0.2, -0.15) is 0 Å². The molecule has 7 heteroatoms. The van der Waals surface area contributed by atoms with Crippen LogP contribution in [0.15, 0.2) is 54.6 Å². The number of likely N-dealkylation sites (N-methyl/N-ethyl adjacent to an activating group) is 1. The fourth-order valence-corrected chi connectivity index (χ4v) is 4.21. The Labute approximate surface area is 195 Å². The molecule has 7 nitrogen and oxygen atoms in total. The molecule has 1 aliphatic rings. The molecule has 1 saturated heterocycles. The molecule has 0 saturated carbocycles. The lowest BCUT2D eigenvalue weighted by molar-refractivity contribution is -0.194. The number of carbonyl (C=O) groups is 2. The predicted octanol–water partition coefficient (Wildman–Crippen LogP) is 4.04. The molecular weight excluding hydrogens is 422 g/mol. The lowest BCUT2D eigenvalue weighted by Gasteiger charge is -2.39. The van der Waals surface area contributed by atoms with Crippen LogP contribution in [0, 0.1) is 0 Å². The summed E-state index contributed by atoms with van der Waals surface area (Å²) in [6, 6.07) is 16.9. The van der Waals surface area contributed by atoms with Gasteiger partial charge >= 0.3 is 11.9 Å². The SMILES string of the molecule is CCOC(=O)C1(C)N(C)[C@@](C(=O)OCC)(c2ccc(OCc3ccccc3)cc2)OC1(C)C. The highest BCUT2D eigenvalue weighted by Gasteiger charge is 2.70. The minimum Gasteiger partial charge on any atom is -0.489 e. The average Bonchev–Trinajstić information content (AvgIpc) is 2.98. The molecule has 2 aromatic rings. The van der Waals surface area contributed by atoms with Crippen molar-refractivity contribution in [3.8, 4) is 5.75 Å². The van der Waals surface area contributed by atoms with E-state index in [0.29, 0.717) is 17.9 Å². The number of carbonyl (C=O) groups excluding carboxylic acids is 2. The zero-order valence-corrected chi connectivity index (χ0v) is 20.2. The average molecular weight is 456 g/mol. The van der Waals surface area contributed by atoms with Crippen molar-refractivity contribution in [2.24, 2.45) is 0 Å². The molecule has 2 atom stereocenters. The van der Waals surface area contributed by atoms with E-state index in [1.54, 1.807) is 70.8 Å². The van der Waals surface area contributed by atoms with Gasteiger partial charge in [0.05, 0.1) is 18.8 Å². The zero-order chi connectivity index (χ0) is 24.3. The largest absolute Gasteiger partial charge is 0.489 e. The van der Waals surface area contributed by atoms with Gasteiger partial charge in [-0.25, -0.2) is 14.5 Å². The van der Waals surface area contributed by atoms with E-state index in [-0.39, 0.29) is 13.2 Å². The number of nitrogens with zero attached hydrogens (tertiary/aromatic N) is 1. The highest BCUT2D eigenvalue weighted by atomic mass is 16.6. The monoisotopic (exact) mass is 455 g/mol. The molecule has 0 aliphatic carbocycles. The first-order valence-electron chi connectivity index (χ1n) is 11.2. The second kappa shape index (κ2) is 9.53. The summed E-state index contributed by atoms with van der Waals surface area (Å²) in [6.45, 7) is 9.58. The van der Waals surface area contributed by atoms with Gasteiger partial charge in [0, 0.05) is 5.56 Å². The van der Waals surface area contributed by atoms with Gasteiger partial charge in [0.2, 0.25) is 5.72 Å². The summed E-state index contributed by atoms with van der Waals surface area (Å²) in [4.78, 5) is 28.0. The van der Waals surface area contributed by atoms with Crippen LogP contribution >= 0.6 is 0 Å². The smallest absolute Gasteiger partial charge is 0.359 e. The first kappa shape index (κ1) is 24.7. The lowest BCUT2D eigenvalue weighted by Crippen LogP contribution is -2.61. The summed E-state index contributed by atoms with van der Waals surface area (Å²) in [5, 5.41) is 0. The first-order chi connectivity index (χ1) is 15.6. The summed E-state index contributed by atoms with van der Waals surface area (Å²) < 4.78 is 23.1. The highest BCUT2D eigenvalue weighted by Crippen LogP contribution is 2.51. The van der Waals surface area contributed by atoms with Gasteiger partial charge in [-0.05, 0) is 59.4 Å². The van der Waals surface area contributed by atoms with Crippen LogP contribution in [0.4, 0.5) is 0 Å². The Morgan fingerprint density at radius 2 is 1.45 bits per heavy atom. The summed E-state index contributed by atoms with van der Waals surface area (Å²) in [6.07, 6.45) is 0. The van der Waals surface area contributed by atoms with Crippen molar-refractivity contribution in [1.82, 2.24) is 4.90 Å². The molecule has 0 radical (unpaired) electrons. The molecule has 0 amide bonds. The lowest BCUT2D eigenvalue weighted by atomic mass is 9.83. The third kappa shape index (κ3) is 4.23. The molecule has 1 fully saturated rings. The van der Waals surface area contributed by atoms with Crippen LogP contribution in [-0.2, 0) is 36.1 Å². The minimum absolute atomic E-state index is 0.173. The Morgan fingerprint density at radius 3 is 2.03 bits per heavy atom. The standard InChI is InChI=1S/C26H33NO6/c1-7-30-22(28)25(5)24(3,4)33-26(27(25)6,23(29)31-8-2)20-14-16-21(17-15-20)32-18-19-12-10-9-11-13-19/h9-17H,7-8,18H2,1-6H3/t25?,26-/m0/s1. The topological polar surface area (TPSA) is 74.3 Å². The zero-order valence-electron chi connectivity index (χ0n) is 20.2. The molecular formula is C26H33NO6. The van der Waals surface area contributed by atoms with Gasteiger partial charge in [-0.3, -0.25) is 0 Å². The molecule has 0 aromatic heterocycles. The van der Waals surface area contributed by atoms with Crippen LogP contribution in [0.1, 0.15) is 45.7 Å². The van der Waals surface area contributed by atoms with Gasteiger partial charge in [-0.15, -0.1) is 0 Å². The predicted molar refractivity (Wildman–Crippen MR) is 123 cm³/mol. The number of ether oxygens (including phenoxy) is 4. The maximum absolute atomic E-state index is 13.4. The summed E-state index contributed by atoms with van der Waals surface area (Å²) in [5.74, 6) is -0.410. The molecule has 178 valence electrons. The van der Waals surface area contributed by atoms with Crippen molar-refractivity contribution in [2.75, 3.05) is 20.3 Å². The minimum atomic E-state index is -1.63. The number of benzene rings is 2. The van der Waals surface area contributed by atoms with E-state index in [0.717, 1.165) is 5.56 Å². The van der Waals surface area contributed by atoms with Gasteiger partial charge < -0.3 is 18.9 Å². The Morgan fingerprint density at radius 1 is 0.879 bits per heavy atom. The maximum atomic E-state index is 13.4. The summed E-state index contributed by atoms with van der Waals surface area (Å²) in [7, 11) is 1.68. The summed E-state index contributed by atoms with van der Waals surface area (Å²) >= 11 is 0. The van der Waals surface area contributed by atoms with Gasteiger partial charge in [0.15, 0.2) is 0 Å². The van der Waals surface area contributed by atoms with Gasteiger partial charge in [0.25, 0.3) is 0 Å². The van der Waals surface area contributed by atoms with Crippen LogP contribution in [-0.4, -0.2) is 48.2 Å². The van der Waals surface area contributed by atoms with Crippen molar-refractivity contribution in [3.05, 3.63) is 65.7 Å². The highest BCUT2D eigenvalue weighted by molar-refractivity contribution is 5.88. The van der Waals surface area contributed by atoms with E-state index >= 15 is 0 Å². The van der Waals surface area contributed by atoms with E-state index < -0.39 is 28.8 Å². The number of hydrogen-bond acceptors (Lipinski definition) is 7.